The van der Waals surface area contributed by atoms with Gasteiger partial charge in [-0.05, 0) is 30.8 Å². The fourth-order valence-electron chi connectivity index (χ4n) is 3.02. The summed E-state index contributed by atoms with van der Waals surface area (Å²) in [5.74, 6) is -0.139. The van der Waals surface area contributed by atoms with E-state index in [2.05, 4.69) is 16.0 Å². The maximum absolute atomic E-state index is 12.6. The highest BCUT2D eigenvalue weighted by molar-refractivity contribution is 6.01. The van der Waals surface area contributed by atoms with Crippen molar-refractivity contribution in [3.63, 3.8) is 0 Å². The van der Waals surface area contributed by atoms with E-state index in [4.69, 9.17) is 0 Å². The van der Waals surface area contributed by atoms with E-state index in [-0.39, 0.29) is 17.9 Å². The number of benzene rings is 2. The molecule has 2 aromatic carbocycles. The molecule has 2 amide bonds. The zero-order chi connectivity index (χ0) is 18.5. The minimum absolute atomic E-state index is 0.0684. The molecule has 1 aliphatic heterocycles. The quantitative estimate of drug-likeness (QED) is 0.773. The monoisotopic (exact) mass is 352 g/mol. The molecule has 0 aromatic heterocycles. The highest BCUT2D eigenvalue weighted by Crippen LogP contribution is 2.32. The van der Waals surface area contributed by atoms with Crippen molar-refractivity contribution in [3.05, 3.63) is 59.7 Å². The van der Waals surface area contributed by atoms with E-state index >= 15 is 0 Å². The average molecular weight is 352 g/mol. The number of carbonyl (C=O) groups excluding carboxylic acids is 2. The molecule has 6 heteroatoms. The van der Waals surface area contributed by atoms with Crippen LogP contribution >= 0.6 is 0 Å². The molecular weight excluding hydrogens is 328 g/mol. The molecule has 1 unspecified atom stereocenters. The second-order valence-electron chi connectivity index (χ2n) is 6.45. The van der Waals surface area contributed by atoms with Gasteiger partial charge in [0, 0.05) is 25.7 Å². The van der Waals surface area contributed by atoms with Crippen LogP contribution in [0.3, 0.4) is 0 Å². The van der Waals surface area contributed by atoms with Crippen molar-refractivity contribution in [2.24, 2.45) is 0 Å². The van der Waals surface area contributed by atoms with Crippen LogP contribution in [0.2, 0.25) is 0 Å². The fraction of sp³-hybridized carbons (Fsp3) is 0.300. The molecule has 6 nitrogen and oxygen atoms in total. The van der Waals surface area contributed by atoms with Gasteiger partial charge in [-0.1, -0.05) is 30.3 Å². The maximum atomic E-state index is 12.6. The highest BCUT2D eigenvalue weighted by atomic mass is 16.2. The van der Waals surface area contributed by atoms with Gasteiger partial charge in [0.2, 0.25) is 5.91 Å². The van der Waals surface area contributed by atoms with Crippen molar-refractivity contribution in [1.82, 2.24) is 10.2 Å². The van der Waals surface area contributed by atoms with Crippen LogP contribution in [0.25, 0.3) is 0 Å². The molecule has 0 bridgehead atoms. The Labute approximate surface area is 153 Å². The molecule has 136 valence electrons. The van der Waals surface area contributed by atoms with E-state index in [1.54, 1.807) is 24.1 Å². The van der Waals surface area contributed by atoms with Crippen molar-refractivity contribution in [3.8, 4) is 0 Å². The minimum Gasteiger partial charge on any atom is -0.376 e. The first-order chi connectivity index (χ1) is 12.6. The Hall–Kier alpha value is -2.86. The van der Waals surface area contributed by atoms with Crippen LogP contribution < -0.4 is 16.0 Å². The Kier molecular flexibility index (Phi) is 5.53. The molecule has 1 heterocycles. The summed E-state index contributed by atoms with van der Waals surface area (Å²) in [7, 11) is 3.62. The molecule has 1 atom stereocenters. The van der Waals surface area contributed by atoms with E-state index in [1.165, 1.54) is 0 Å². The van der Waals surface area contributed by atoms with Crippen LogP contribution in [-0.4, -0.2) is 43.9 Å². The van der Waals surface area contributed by atoms with Crippen molar-refractivity contribution in [1.29, 1.82) is 0 Å². The Balaban J connectivity index is 1.83. The number of likely N-dealkylation sites (N-methyl/N-ethyl adjacent to an activating group) is 2. The third-order valence-corrected chi connectivity index (χ3v) is 4.51. The van der Waals surface area contributed by atoms with Gasteiger partial charge in [0.25, 0.3) is 5.91 Å². The van der Waals surface area contributed by atoms with Gasteiger partial charge in [0.15, 0.2) is 0 Å². The first kappa shape index (κ1) is 17.9. The Morgan fingerprint density at radius 2 is 1.96 bits per heavy atom. The number of fused-ring (bicyclic) bond motifs is 1. The van der Waals surface area contributed by atoms with Crippen LogP contribution in [0.5, 0.6) is 0 Å². The van der Waals surface area contributed by atoms with Crippen molar-refractivity contribution in [2.75, 3.05) is 37.8 Å². The standard InChI is InChI=1S/C20H24N4O2/c1-21-10-11-24(2)20(26)15-8-9-16-18(12-15)23-19(25)13-17(22-16)14-6-4-3-5-7-14/h3-9,12,17,21-22H,10-11,13H2,1-2H3,(H,23,25). The van der Waals surface area contributed by atoms with Gasteiger partial charge >= 0.3 is 0 Å². The number of hydrogen-bond acceptors (Lipinski definition) is 4. The lowest BCUT2D eigenvalue weighted by molar-refractivity contribution is -0.116. The van der Waals surface area contributed by atoms with Crippen LogP contribution in [0.1, 0.15) is 28.4 Å². The van der Waals surface area contributed by atoms with Gasteiger partial charge < -0.3 is 20.9 Å². The molecule has 26 heavy (non-hydrogen) atoms. The van der Waals surface area contributed by atoms with Crippen molar-refractivity contribution in [2.45, 2.75) is 12.5 Å². The summed E-state index contributed by atoms with van der Waals surface area (Å²) in [5.41, 5.74) is 3.07. The SMILES string of the molecule is CNCCN(C)C(=O)c1ccc2c(c1)NC(=O)CC(c1ccccc1)N2. The molecule has 0 saturated carbocycles. The van der Waals surface area contributed by atoms with Gasteiger partial charge in [0.05, 0.1) is 23.8 Å². The summed E-state index contributed by atoms with van der Waals surface area (Å²) in [5, 5.41) is 9.36. The number of amides is 2. The fourth-order valence-corrected chi connectivity index (χ4v) is 3.02. The molecular formula is C20H24N4O2. The highest BCUT2D eigenvalue weighted by Gasteiger charge is 2.23. The number of hydrogen-bond donors (Lipinski definition) is 3. The third kappa shape index (κ3) is 4.03. The van der Waals surface area contributed by atoms with Crippen LogP contribution in [-0.2, 0) is 4.79 Å². The number of anilines is 2. The lowest BCUT2D eigenvalue weighted by Crippen LogP contribution is -2.32. The van der Waals surface area contributed by atoms with E-state index in [0.717, 1.165) is 17.8 Å². The summed E-state index contributed by atoms with van der Waals surface area (Å²) >= 11 is 0. The molecule has 1 aliphatic rings. The summed E-state index contributed by atoms with van der Waals surface area (Å²) in [6.07, 6.45) is 0.337. The summed E-state index contributed by atoms with van der Waals surface area (Å²) in [4.78, 5) is 26.5. The van der Waals surface area contributed by atoms with Gasteiger partial charge in [-0.2, -0.15) is 0 Å². The van der Waals surface area contributed by atoms with Crippen LogP contribution in [0.4, 0.5) is 11.4 Å². The predicted octanol–water partition coefficient (Wildman–Crippen LogP) is 2.47. The Bertz CT molecular complexity index is 792. The van der Waals surface area contributed by atoms with Crippen LogP contribution in [0.15, 0.2) is 48.5 Å². The van der Waals surface area contributed by atoms with E-state index in [1.807, 2.05) is 43.4 Å². The van der Waals surface area contributed by atoms with Gasteiger partial charge in [-0.3, -0.25) is 9.59 Å². The molecule has 0 radical (unpaired) electrons. The zero-order valence-corrected chi connectivity index (χ0v) is 15.1. The molecule has 0 spiro atoms. The van der Waals surface area contributed by atoms with Gasteiger partial charge in [-0.15, -0.1) is 0 Å². The first-order valence-corrected chi connectivity index (χ1v) is 8.74. The zero-order valence-electron chi connectivity index (χ0n) is 15.1. The Morgan fingerprint density at radius 1 is 1.19 bits per heavy atom. The number of carbonyl (C=O) groups is 2. The molecule has 0 aliphatic carbocycles. The molecule has 3 N–H and O–H groups in total. The summed E-state index contributed by atoms with van der Waals surface area (Å²) < 4.78 is 0. The predicted molar refractivity (Wildman–Crippen MR) is 103 cm³/mol. The van der Waals surface area contributed by atoms with Gasteiger partial charge in [-0.25, -0.2) is 0 Å². The normalized spacial score (nSPS) is 16.1. The largest absolute Gasteiger partial charge is 0.376 e. The molecule has 0 saturated heterocycles. The second-order valence-corrected chi connectivity index (χ2v) is 6.45. The number of nitrogens with zero attached hydrogens (tertiary/aromatic N) is 1. The van der Waals surface area contributed by atoms with E-state index in [9.17, 15) is 9.59 Å². The van der Waals surface area contributed by atoms with E-state index in [0.29, 0.717) is 24.2 Å². The number of rotatable bonds is 5. The molecule has 2 aromatic rings. The first-order valence-electron chi connectivity index (χ1n) is 8.74. The molecule has 3 rings (SSSR count). The number of nitrogens with one attached hydrogen (secondary N) is 3. The van der Waals surface area contributed by atoms with Gasteiger partial charge in [0.1, 0.15) is 0 Å². The van der Waals surface area contributed by atoms with Crippen molar-refractivity contribution < 1.29 is 9.59 Å². The van der Waals surface area contributed by atoms with Crippen molar-refractivity contribution >= 4 is 23.2 Å². The Morgan fingerprint density at radius 3 is 2.69 bits per heavy atom. The maximum Gasteiger partial charge on any atom is 0.253 e. The molecule has 0 fully saturated rings. The summed E-state index contributed by atoms with van der Waals surface area (Å²) in [6, 6.07) is 15.2. The lowest BCUT2D eigenvalue weighted by atomic mass is 10.0. The second kappa shape index (κ2) is 8.01. The summed E-state index contributed by atoms with van der Waals surface area (Å²) in [6.45, 7) is 1.34. The topological polar surface area (TPSA) is 73.5 Å². The third-order valence-electron chi connectivity index (χ3n) is 4.51. The average Bonchev–Trinajstić information content (AvgIpc) is 2.83. The minimum atomic E-state index is -0.0997. The lowest BCUT2D eigenvalue weighted by Gasteiger charge is -2.19. The van der Waals surface area contributed by atoms with E-state index < -0.39 is 0 Å². The van der Waals surface area contributed by atoms with Crippen LogP contribution in [0, 0.1) is 0 Å². The smallest absolute Gasteiger partial charge is 0.253 e.